The molecule has 2 aliphatic heterocycles. The van der Waals surface area contributed by atoms with Gasteiger partial charge in [0.05, 0.1) is 11.9 Å². The van der Waals surface area contributed by atoms with E-state index in [0.29, 0.717) is 24.1 Å². The van der Waals surface area contributed by atoms with E-state index in [-0.39, 0.29) is 12.1 Å². The highest BCUT2D eigenvalue weighted by Crippen LogP contribution is 2.29. The van der Waals surface area contributed by atoms with Crippen molar-refractivity contribution < 1.29 is 14.3 Å². The van der Waals surface area contributed by atoms with Gasteiger partial charge in [0.25, 0.3) is 0 Å². The van der Waals surface area contributed by atoms with Gasteiger partial charge in [0, 0.05) is 37.7 Å². The zero-order chi connectivity index (χ0) is 25.7. The quantitative estimate of drug-likeness (QED) is 0.551. The normalized spacial score (nSPS) is 18.7. The van der Waals surface area contributed by atoms with Crippen LogP contribution in [0.15, 0.2) is 42.6 Å². The molecule has 0 spiro atoms. The first kappa shape index (κ1) is 26.1. The molecule has 2 aromatic rings. The number of amides is 3. The van der Waals surface area contributed by atoms with E-state index < -0.39 is 5.60 Å². The Morgan fingerprint density at radius 3 is 2.42 bits per heavy atom. The van der Waals surface area contributed by atoms with Crippen LogP contribution in [0.1, 0.15) is 51.5 Å². The summed E-state index contributed by atoms with van der Waals surface area (Å²) < 4.78 is 5.31. The first-order valence-electron chi connectivity index (χ1n) is 12.7. The minimum absolute atomic E-state index is 0.0893. The van der Waals surface area contributed by atoms with Gasteiger partial charge < -0.3 is 25.2 Å². The summed E-state index contributed by atoms with van der Waals surface area (Å²) in [6.45, 7) is 9.27. The van der Waals surface area contributed by atoms with Crippen molar-refractivity contribution >= 4 is 35.2 Å². The number of benzene rings is 1. The van der Waals surface area contributed by atoms with Gasteiger partial charge in [-0.25, -0.2) is 14.6 Å². The Bertz CT molecular complexity index is 1030. The topological polar surface area (TPSA) is 86.8 Å². The van der Waals surface area contributed by atoms with Crippen molar-refractivity contribution in [3.8, 4) is 0 Å². The number of aromatic nitrogens is 1. The van der Waals surface area contributed by atoms with E-state index in [9.17, 15) is 9.59 Å². The van der Waals surface area contributed by atoms with Crippen molar-refractivity contribution in [1.29, 1.82) is 0 Å². The lowest BCUT2D eigenvalue weighted by Gasteiger charge is -2.32. The third-order valence-electron chi connectivity index (χ3n) is 6.67. The van der Waals surface area contributed by atoms with Crippen LogP contribution in [0.3, 0.4) is 0 Å². The number of carbonyl (C=O) groups excluding carboxylic acids is 2. The Balaban J connectivity index is 1.21. The summed E-state index contributed by atoms with van der Waals surface area (Å²) in [7, 11) is 0. The third-order valence-corrected chi connectivity index (χ3v) is 6.92. The van der Waals surface area contributed by atoms with E-state index in [0.717, 1.165) is 56.3 Å². The van der Waals surface area contributed by atoms with Crippen LogP contribution in [0.2, 0.25) is 5.02 Å². The van der Waals surface area contributed by atoms with Crippen molar-refractivity contribution in [3.63, 3.8) is 0 Å². The van der Waals surface area contributed by atoms with Crippen LogP contribution >= 0.6 is 11.6 Å². The van der Waals surface area contributed by atoms with E-state index in [1.54, 1.807) is 6.20 Å². The van der Waals surface area contributed by atoms with E-state index in [2.05, 4.69) is 32.7 Å². The molecule has 2 fully saturated rings. The number of nitrogens with zero attached hydrogens (tertiary/aromatic N) is 3. The Morgan fingerprint density at radius 1 is 1.06 bits per heavy atom. The number of carbonyl (C=O) groups is 2. The molecule has 1 unspecified atom stereocenters. The highest BCUT2D eigenvalue weighted by atomic mass is 35.5. The summed E-state index contributed by atoms with van der Waals surface area (Å²) in [6, 6.07) is 11.8. The molecule has 0 radical (unpaired) electrons. The second kappa shape index (κ2) is 11.4. The molecule has 194 valence electrons. The monoisotopic (exact) mass is 513 g/mol. The molecular weight excluding hydrogens is 478 g/mol. The fourth-order valence-corrected chi connectivity index (χ4v) is 4.88. The maximum Gasteiger partial charge on any atom is 0.407 e. The van der Waals surface area contributed by atoms with E-state index in [1.807, 2.05) is 49.9 Å². The van der Waals surface area contributed by atoms with Crippen molar-refractivity contribution in [2.75, 3.05) is 42.9 Å². The van der Waals surface area contributed by atoms with Gasteiger partial charge in [-0.3, -0.25) is 0 Å². The summed E-state index contributed by atoms with van der Waals surface area (Å²) in [6.07, 6.45) is 4.17. The van der Waals surface area contributed by atoms with E-state index in [1.165, 1.54) is 5.56 Å². The molecule has 9 heteroatoms. The predicted molar refractivity (Wildman–Crippen MR) is 143 cm³/mol. The second-order valence-corrected chi connectivity index (χ2v) is 11.1. The third kappa shape index (κ3) is 7.26. The Hall–Kier alpha value is -3.00. The van der Waals surface area contributed by atoms with Crippen LogP contribution < -0.4 is 15.5 Å². The number of alkyl carbamates (subject to hydrolysis) is 1. The Labute approximate surface area is 218 Å². The van der Waals surface area contributed by atoms with Crippen molar-refractivity contribution in [2.24, 2.45) is 5.92 Å². The van der Waals surface area contributed by atoms with Gasteiger partial charge in [-0.2, -0.15) is 0 Å². The van der Waals surface area contributed by atoms with Crippen LogP contribution in [-0.2, 0) is 4.74 Å². The fourth-order valence-electron chi connectivity index (χ4n) is 4.75. The molecule has 8 nitrogen and oxygen atoms in total. The minimum Gasteiger partial charge on any atom is -0.444 e. The van der Waals surface area contributed by atoms with Gasteiger partial charge >= 0.3 is 12.1 Å². The number of ether oxygens (including phenoxy) is 1. The first-order chi connectivity index (χ1) is 17.2. The highest BCUT2D eigenvalue weighted by molar-refractivity contribution is 6.30. The maximum atomic E-state index is 12.8. The van der Waals surface area contributed by atoms with Crippen molar-refractivity contribution in [1.82, 2.24) is 15.2 Å². The zero-order valence-electron chi connectivity index (χ0n) is 21.3. The number of urea groups is 1. The molecule has 3 amide bonds. The van der Waals surface area contributed by atoms with Crippen LogP contribution in [-0.4, -0.2) is 60.3 Å². The van der Waals surface area contributed by atoms with Gasteiger partial charge in [-0.05, 0) is 81.7 Å². The Kier molecular flexibility index (Phi) is 8.24. The van der Waals surface area contributed by atoms with Gasteiger partial charge in [0.2, 0.25) is 0 Å². The van der Waals surface area contributed by atoms with Gasteiger partial charge in [0.1, 0.15) is 11.4 Å². The fraction of sp³-hybridized carbons (Fsp3) is 0.519. The summed E-state index contributed by atoms with van der Waals surface area (Å²) in [4.78, 5) is 33.3. The average molecular weight is 514 g/mol. The molecule has 36 heavy (non-hydrogen) atoms. The average Bonchev–Trinajstić information content (AvgIpc) is 3.32. The maximum absolute atomic E-state index is 12.8. The molecule has 0 aliphatic carbocycles. The summed E-state index contributed by atoms with van der Waals surface area (Å²) in [5.41, 5.74) is 1.47. The van der Waals surface area contributed by atoms with E-state index in [4.69, 9.17) is 16.3 Å². The number of pyridine rings is 1. The Morgan fingerprint density at radius 2 is 1.78 bits per heavy atom. The van der Waals surface area contributed by atoms with Crippen molar-refractivity contribution in [3.05, 3.63) is 53.2 Å². The molecule has 1 aromatic carbocycles. The molecule has 0 saturated carbocycles. The number of hydrogen-bond acceptors (Lipinski definition) is 5. The number of rotatable bonds is 5. The lowest BCUT2D eigenvalue weighted by molar-refractivity contribution is 0.0520. The van der Waals surface area contributed by atoms with Crippen LogP contribution in [0.4, 0.5) is 21.1 Å². The number of anilines is 2. The van der Waals surface area contributed by atoms with Gasteiger partial charge in [0.15, 0.2) is 0 Å². The lowest BCUT2D eigenvalue weighted by Crippen LogP contribution is -2.40. The number of piperidine rings is 1. The van der Waals surface area contributed by atoms with Crippen LogP contribution in [0.5, 0.6) is 0 Å². The summed E-state index contributed by atoms with van der Waals surface area (Å²) >= 11 is 6.00. The molecule has 1 atom stereocenters. The summed E-state index contributed by atoms with van der Waals surface area (Å²) in [5, 5.41) is 6.59. The number of likely N-dealkylation sites (tertiary alicyclic amines) is 1. The van der Waals surface area contributed by atoms with Crippen LogP contribution in [0.25, 0.3) is 0 Å². The molecule has 2 N–H and O–H groups in total. The second-order valence-electron chi connectivity index (χ2n) is 10.6. The minimum atomic E-state index is -0.499. The molecule has 2 aliphatic rings. The summed E-state index contributed by atoms with van der Waals surface area (Å²) in [5.74, 6) is 1.67. The SMILES string of the molecule is CC(C)(C)OC(=O)NCC1CCN(c2ccc(NC(=O)N3CCC(c4ccc(Cl)cc4)CC3)cn2)C1. The molecule has 4 rings (SSSR count). The highest BCUT2D eigenvalue weighted by Gasteiger charge is 2.26. The first-order valence-corrected chi connectivity index (χ1v) is 13.0. The van der Waals surface area contributed by atoms with Gasteiger partial charge in [-0.1, -0.05) is 23.7 Å². The standard InChI is InChI=1S/C27H36ClN5O3/c1-27(2,3)36-26(35)30-16-19-10-13-33(18-19)24-9-8-23(17-29-24)31-25(34)32-14-11-21(12-15-32)20-4-6-22(28)7-5-20/h4-9,17,19,21H,10-16,18H2,1-3H3,(H,30,35)(H,31,34). The lowest BCUT2D eigenvalue weighted by atomic mass is 9.89. The molecule has 2 saturated heterocycles. The molecular formula is C27H36ClN5O3. The predicted octanol–water partition coefficient (Wildman–Crippen LogP) is 5.50. The molecule has 3 heterocycles. The van der Waals surface area contributed by atoms with E-state index >= 15 is 0 Å². The van der Waals surface area contributed by atoms with Crippen LogP contribution in [0, 0.1) is 5.92 Å². The zero-order valence-corrected chi connectivity index (χ0v) is 22.1. The number of nitrogens with one attached hydrogen (secondary N) is 2. The molecule has 0 bridgehead atoms. The largest absolute Gasteiger partial charge is 0.444 e. The smallest absolute Gasteiger partial charge is 0.407 e. The van der Waals surface area contributed by atoms with Gasteiger partial charge in [-0.15, -0.1) is 0 Å². The number of halogens is 1. The number of hydrogen-bond donors (Lipinski definition) is 2. The molecule has 1 aromatic heterocycles. The van der Waals surface area contributed by atoms with Crippen molar-refractivity contribution in [2.45, 2.75) is 51.6 Å².